The Balaban J connectivity index is 2.23. The number of alkyl halides is 1. The van der Waals surface area contributed by atoms with Crippen LogP contribution in [-0.4, -0.2) is 27.0 Å². The van der Waals surface area contributed by atoms with Crippen LogP contribution >= 0.6 is 15.9 Å². The van der Waals surface area contributed by atoms with Crippen molar-refractivity contribution >= 4 is 21.8 Å². The molecule has 1 aromatic rings. The van der Waals surface area contributed by atoms with Crippen LogP contribution in [0.5, 0.6) is 0 Å². The van der Waals surface area contributed by atoms with Gasteiger partial charge in [-0.05, 0) is 39.2 Å². The van der Waals surface area contributed by atoms with Gasteiger partial charge in [-0.1, -0.05) is 15.9 Å². The van der Waals surface area contributed by atoms with E-state index in [2.05, 4.69) is 31.4 Å². The predicted molar refractivity (Wildman–Crippen MR) is 67.7 cm³/mol. The van der Waals surface area contributed by atoms with Gasteiger partial charge in [-0.25, -0.2) is 0 Å². The molecule has 1 heterocycles. The lowest BCUT2D eigenvalue weighted by molar-refractivity contribution is -0.122. The van der Waals surface area contributed by atoms with Crippen LogP contribution in [0.25, 0.3) is 0 Å². The average Bonchev–Trinajstić information content (AvgIpc) is 2.57. The largest absolute Gasteiger partial charge is 0.355 e. The minimum atomic E-state index is -0.488. The molecule has 1 amide bonds. The fourth-order valence-corrected chi connectivity index (χ4v) is 1.46. The second kappa shape index (κ2) is 5.48. The van der Waals surface area contributed by atoms with Gasteiger partial charge in [0.2, 0.25) is 5.91 Å². The minimum Gasteiger partial charge on any atom is -0.355 e. The number of aromatic nitrogens is 2. The van der Waals surface area contributed by atoms with Gasteiger partial charge >= 0.3 is 0 Å². The van der Waals surface area contributed by atoms with Gasteiger partial charge in [0.05, 0.1) is 10.5 Å². The molecule has 0 aliphatic rings. The standard InChI is InChI=1S/C11H18BrN3O/c1-8-9(7-14-15-8)5-4-6-13-10(16)11(2,3)12/h7H,4-6H2,1-3H3,(H,13,16)(H,14,15). The molecule has 0 unspecified atom stereocenters. The summed E-state index contributed by atoms with van der Waals surface area (Å²) in [4.78, 5) is 11.5. The van der Waals surface area contributed by atoms with E-state index in [-0.39, 0.29) is 5.91 Å². The van der Waals surface area contributed by atoms with Crippen LogP contribution in [0.1, 0.15) is 31.5 Å². The Morgan fingerprint density at radius 1 is 1.62 bits per heavy atom. The molecule has 0 bridgehead atoms. The highest BCUT2D eigenvalue weighted by molar-refractivity contribution is 9.10. The van der Waals surface area contributed by atoms with Crippen LogP contribution in [0, 0.1) is 6.92 Å². The molecule has 16 heavy (non-hydrogen) atoms. The number of aryl methyl sites for hydroxylation is 2. The Bertz CT molecular complexity index is 354. The monoisotopic (exact) mass is 287 g/mol. The van der Waals surface area contributed by atoms with Crippen molar-refractivity contribution in [2.24, 2.45) is 0 Å². The topological polar surface area (TPSA) is 57.8 Å². The maximum Gasteiger partial charge on any atom is 0.236 e. The normalized spacial score (nSPS) is 11.5. The summed E-state index contributed by atoms with van der Waals surface area (Å²) < 4.78 is -0.488. The van der Waals surface area contributed by atoms with Gasteiger partial charge in [-0.2, -0.15) is 5.10 Å². The number of hydrogen-bond donors (Lipinski definition) is 2. The average molecular weight is 288 g/mol. The van der Waals surface area contributed by atoms with Gasteiger partial charge in [0.1, 0.15) is 0 Å². The number of aromatic amines is 1. The first-order valence-corrected chi connectivity index (χ1v) is 6.16. The van der Waals surface area contributed by atoms with E-state index >= 15 is 0 Å². The number of rotatable bonds is 5. The van der Waals surface area contributed by atoms with Crippen LogP contribution in [-0.2, 0) is 11.2 Å². The number of nitrogens with zero attached hydrogens (tertiary/aromatic N) is 1. The Morgan fingerprint density at radius 3 is 2.81 bits per heavy atom. The highest BCUT2D eigenvalue weighted by Gasteiger charge is 2.22. The maximum atomic E-state index is 11.5. The van der Waals surface area contributed by atoms with Gasteiger partial charge < -0.3 is 5.32 Å². The molecule has 0 aliphatic carbocycles. The molecule has 0 saturated heterocycles. The van der Waals surface area contributed by atoms with Crippen molar-refractivity contribution in [1.29, 1.82) is 0 Å². The van der Waals surface area contributed by atoms with Gasteiger partial charge in [-0.3, -0.25) is 9.89 Å². The summed E-state index contributed by atoms with van der Waals surface area (Å²) in [6.45, 7) is 6.37. The fraction of sp³-hybridized carbons (Fsp3) is 0.636. The first-order chi connectivity index (χ1) is 7.41. The van der Waals surface area contributed by atoms with Gasteiger partial charge in [0.25, 0.3) is 0 Å². The second-order valence-electron chi connectivity index (χ2n) is 4.35. The zero-order valence-corrected chi connectivity index (χ0v) is 11.5. The van der Waals surface area contributed by atoms with E-state index in [0.29, 0.717) is 6.54 Å². The summed E-state index contributed by atoms with van der Waals surface area (Å²) in [5.74, 6) is 0.0245. The summed E-state index contributed by atoms with van der Waals surface area (Å²) in [5.41, 5.74) is 2.32. The molecule has 0 aliphatic heterocycles. The second-order valence-corrected chi connectivity index (χ2v) is 6.33. The molecule has 0 aromatic carbocycles. The highest BCUT2D eigenvalue weighted by Crippen LogP contribution is 2.15. The Hall–Kier alpha value is -0.840. The van der Waals surface area contributed by atoms with Crippen molar-refractivity contribution in [2.45, 2.75) is 37.9 Å². The number of carbonyl (C=O) groups excluding carboxylic acids is 1. The molecule has 1 aromatic heterocycles. The van der Waals surface area contributed by atoms with Crippen molar-refractivity contribution in [3.05, 3.63) is 17.5 Å². The van der Waals surface area contributed by atoms with Crippen molar-refractivity contribution in [1.82, 2.24) is 15.5 Å². The number of H-pyrrole nitrogens is 1. The van der Waals surface area contributed by atoms with Gasteiger partial charge in [-0.15, -0.1) is 0 Å². The molecule has 1 rings (SSSR count). The third-order valence-corrected chi connectivity index (χ3v) is 2.74. The summed E-state index contributed by atoms with van der Waals surface area (Å²) >= 11 is 3.32. The van der Waals surface area contributed by atoms with E-state index in [1.165, 1.54) is 5.56 Å². The van der Waals surface area contributed by atoms with Crippen LogP contribution < -0.4 is 5.32 Å². The number of halogens is 1. The highest BCUT2D eigenvalue weighted by atomic mass is 79.9. The predicted octanol–water partition coefficient (Wildman–Crippen LogP) is 1.94. The van der Waals surface area contributed by atoms with Crippen molar-refractivity contribution in [2.75, 3.05) is 6.54 Å². The molecule has 0 spiro atoms. The molecular weight excluding hydrogens is 270 g/mol. The molecule has 5 heteroatoms. The summed E-state index contributed by atoms with van der Waals surface area (Å²) in [6, 6.07) is 0. The smallest absolute Gasteiger partial charge is 0.236 e. The third-order valence-electron chi connectivity index (χ3n) is 2.38. The lowest BCUT2D eigenvalue weighted by Gasteiger charge is -2.15. The van der Waals surface area contributed by atoms with Crippen molar-refractivity contribution in [3.63, 3.8) is 0 Å². The van der Waals surface area contributed by atoms with E-state index in [0.717, 1.165) is 18.5 Å². The summed E-state index contributed by atoms with van der Waals surface area (Å²) in [5, 5.41) is 9.74. The van der Waals surface area contributed by atoms with E-state index in [9.17, 15) is 4.79 Å². The number of amides is 1. The van der Waals surface area contributed by atoms with Crippen LogP contribution in [0.4, 0.5) is 0 Å². The minimum absolute atomic E-state index is 0.0245. The SMILES string of the molecule is Cc1[nH]ncc1CCCNC(=O)C(C)(C)Br. The molecular formula is C11H18BrN3O. The van der Waals surface area contributed by atoms with E-state index in [1.807, 2.05) is 27.0 Å². The fourth-order valence-electron chi connectivity index (χ4n) is 1.32. The third kappa shape index (κ3) is 3.96. The molecule has 0 atom stereocenters. The molecule has 0 fully saturated rings. The van der Waals surface area contributed by atoms with E-state index < -0.39 is 4.32 Å². The molecule has 90 valence electrons. The first kappa shape index (κ1) is 13.2. The van der Waals surface area contributed by atoms with Crippen LogP contribution in [0.15, 0.2) is 6.20 Å². The summed E-state index contributed by atoms with van der Waals surface area (Å²) in [7, 11) is 0. The van der Waals surface area contributed by atoms with E-state index in [4.69, 9.17) is 0 Å². The number of hydrogen-bond acceptors (Lipinski definition) is 2. The van der Waals surface area contributed by atoms with Crippen molar-refractivity contribution in [3.8, 4) is 0 Å². The zero-order valence-electron chi connectivity index (χ0n) is 9.93. The van der Waals surface area contributed by atoms with Gasteiger partial charge in [0, 0.05) is 12.2 Å². The lowest BCUT2D eigenvalue weighted by Crippen LogP contribution is -2.38. The Labute approximate surface area is 104 Å². The van der Waals surface area contributed by atoms with E-state index in [1.54, 1.807) is 0 Å². The molecule has 2 N–H and O–H groups in total. The molecule has 4 nitrogen and oxygen atoms in total. The first-order valence-electron chi connectivity index (χ1n) is 5.37. The lowest BCUT2D eigenvalue weighted by atomic mass is 10.1. The number of nitrogens with one attached hydrogen (secondary N) is 2. The van der Waals surface area contributed by atoms with Crippen molar-refractivity contribution < 1.29 is 4.79 Å². The molecule has 0 radical (unpaired) electrons. The Morgan fingerprint density at radius 2 is 2.31 bits per heavy atom. The Kier molecular flexibility index (Phi) is 4.53. The molecule has 0 saturated carbocycles. The van der Waals surface area contributed by atoms with Crippen LogP contribution in [0.3, 0.4) is 0 Å². The maximum absolute atomic E-state index is 11.5. The summed E-state index contributed by atoms with van der Waals surface area (Å²) in [6.07, 6.45) is 3.70. The zero-order chi connectivity index (χ0) is 12.2. The quantitative estimate of drug-likeness (QED) is 0.642. The number of carbonyl (C=O) groups is 1. The van der Waals surface area contributed by atoms with Crippen LogP contribution in [0.2, 0.25) is 0 Å². The van der Waals surface area contributed by atoms with Gasteiger partial charge in [0.15, 0.2) is 0 Å².